The van der Waals surface area contributed by atoms with Gasteiger partial charge in [-0.1, -0.05) is 12.2 Å². The summed E-state index contributed by atoms with van der Waals surface area (Å²) in [5.74, 6) is -0.0545. The molecule has 0 aliphatic carbocycles. The van der Waals surface area contributed by atoms with Crippen molar-refractivity contribution in [1.29, 1.82) is 0 Å². The number of amides is 2. The zero-order valence-corrected chi connectivity index (χ0v) is 11.4. The fourth-order valence-electron chi connectivity index (χ4n) is 2.05. The van der Waals surface area contributed by atoms with Crippen LogP contribution in [0.4, 0.5) is 0 Å². The van der Waals surface area contributed by atoms with Crippen molar-refractivity contribution in [3.8, 4) is 0 Å². The molecule has 2 amide bonds. The zero-order valence-electron chi connectivity index (χ0n) is 11.4. The van der Waals surface area contributed by atoms with E-state index in [4.69, 9.17) is 0 Å². The Kier molecular flexibility index (Phi) is 6.89. The van der Waals surface area contributed by atoms with E-state index in [9.17, 15) is 9.59 Å². The maximum absolute atomic E-state index is 12.0. The molecule has 0 radical (unpaired) electrons. The molecule has 0 aromatic rings. The lowest BCUT2D eigenvalue weighted by atomic mass is 10.1. The minimum absolute atomic E-state index is 0.00992. The van der Waals surface area contributed by atoms with Crippen molar-refractivity contribution < 1.29 is 9.59 Å². The molecule has 0 aromatic carbocycles. The second kappa shape index (κ2) is 8.48. The summed E-state index contributed by atoms with van der Waals surface area (Å²) in [7, 11) is 0. The molecule has 1 aliphatic heterocycles. The molecule has 0 unspecified atom stereocenters. The van der Waals surface area contributed by atoms with E-state index in [1.54, 1.807) is 17.1 Å². The largest absolute Gasteiger partial charge is 0.355 e. The van der Waals surface area contributed by atoms with Crippen molar-refractivity contribution in [3.63, 3.8) is 0 Å². The third kappa shape index (κ3) is 5.26. The second-order valence-electron chi connectivity index (χ2n) is 4.60. The predicted molar refractivity (Wildman–Crippen MR) is 75.6 cm³/mol. The number of hydrogen-bond acceptors (Lipinski definition) is 3. The first-order valence-electron chi connectivity index (χ1n) is 6.69. The molecule has 0 saturated carbocycles. The molecule has 1 fully saturated rings. The van der Waals surface area contributed by atoms with E-state index in [0.717, 1.165) is 25.8 Å². The van der Waals surface area contributed by atoms with E-state index in [-0.39, 0.29) is 24.4 Å². The summed E-state index contributed by atoms with van der Waals surface area (Å²) in [5.41, 5.74) is 0. The van der Waals surface area contributed by atoms with Crippen LogP contribution < -0.4 is 10.6 Å². The minimum Gasteiger partial charge on any atom is -0.355 e. The summed E-state index contributed by atoms with van der Waals surface area (Å²) in [6, 6.07) is -0.263. The van der Waals surface area contributed by atoms with Crippen LogP contribution in [-0.4, -0.2) is 48.9 Å². The van der Waals surface area contributed by atoms with Gasteiger partial charge in [-0.2, -0.15) is 0 Å². The molecule has 2 N–H and O–H groups in total. The van der Waals surface area contributed by atoms with Crippen LogP contribution in [0.15, 0.2) is 25.3 Å². The number of nitrogens with one attached hydrogen (secondary N) is 2. The molecule has 1 saturated heterocycles. The van der Waals surface area contributed by atoms with Gasteiger partial charge in [0.2, 0.25) is 11.8 Å². The van der Waals surface area contributed by atoms with Crippen LogP contribution in [-0.2, 0) is 9.59 Å². The Morgan fingerprint density at radius 2 is 2.05 bits per heavy atom. The summed E-state index contributed by atoms with van der Waals surface area (Å²) in [6.45, 7) is 9.13. The van der Waals surface area contributed by atoms with Gasteiger partial charge in [-0.25, -0.2) is 0 Å². The van der Waals surface area contributed by atoms with Crippen molar-refractivity contribution >= 4 is 11.8 Å². The molecule has 1 atom stereocenters. The lowest BCUT2D eigenvalue weighted by Gasteiger charge is -2.21. The van der Waals surface area contributed by atoms with Crippen molar-refractivity contribution in [3.05, 3.63) is 25.3 Å². The first kappa shape index (κ1) is 15.4. The van der Waals surface area contributed by atoms with Crippen LogP contribution in [0.5, 0.6) is 0 Å². The zero-order chi connectivity index (χ0) is 14.1. The summed E-state index contributed by atoms with van der Waals surface area (Å²) in [4.78, 5) is 25.4. The van der Waals surface area contributed by atoms with Crippen LogP contribution in [0.2, 0.25) is 0 Å². The third-order valence-corrected chi connectivity index (χ3v) is 3.09. The average molecular weight is 265 g/mol. The minimum atomic E-state index is -0.263. The van der Waals surface area contributed by atoms with E-state index >= 15 is 0 Å². The third-order valence-electron chi connectivity index (χ3n) is 3.09. The molecule has 1 rings (SSSR count). The van der Waals surface area contributed by atoms with E-state index in [1.807, 2.05) is 0 Å². The molecule has 0 spiro atoms. The van der Waals surface area contributed by atoms with Gasteiger partial charge < -0.3 is 10.2 Å². The van der Waals surface area contributed by atoms with Gasteiger partial charge in [0, 0.05) is 19.6 Å². The van der Waals surface area contributed by atoms with Crippen LogP contribution in [0.1, 0.15) is 19.3 Å². The van der Waals surface area contributed by atoms with Crippen molar-refractivity contribution in [2.75, 3.05) is 26.2 Å². The Hall–Kier alpha value is -1.62. The lowest BCUT2D eigenvalue weighted by molar-refractivity contribution is -0.129. The Bertz CT molecular complexity index is 332. The first-order valence-corrected chi connectivity index (χ1v) is 6.69. The topological polar surface area (TPSA) is 61.4 Å². The van der Waals surface area contributed by atoms with Gasteiger partial charge in [-0.15, -0.1) is 13.2 Å². The Labute approximate surface area is 114 Å². The first-order chi connectivity index (χ1) is 9.19. The average Bonchev–Trinajstić information content (AvgIpc) is 2.60. The van der Waals surface area contributed by atoms with Gasteiger partial charge in [0.1, 0.15) is 0 Å². The van der Waals surface area contributed by atoms with Crippen LogP contribution in [0.3, 0.4) is 0 Å². The fraction of sp³-hybridized carbons (Fsp3) is 0.571. The standard InChI is InChI=1S/C14H23N3O2/c1-3-9-17(10-4-2)13(18)11-16-12-7-5-6-8-15-14(12)19/h3-4,12,16H,1-2,5-11H2,(H,15,19)/t12-/m0/s1. The highest BCUT2D eigenvalue weighted by Gasteiger charge is 2.21. The quantitative estimate of drug-likeness (QED) is 0.657. The molecule has 106 valence electrons. The molecule has 0 bridgehead atoms. The van der Waals surface area contributed by atoms with E-state index in [1.165, 1.54) is 0 Å². The molecule has 19 heavy (non-hydrogen) atoms. The van der Waals surface area contributed by atoms with Crippen molar-refractivity contribution in [2.45, 2.75) is 25.3 Å². The van der Waals surface area contributed by atoms with E-state index < -0.39 is 0 Å². The molecule has 5 nitrogen and oxygen atoms in total. The Balaban J connectivity index is 2.44. The highest BCUT2D eigenvalue weighted by atomic mass is 16.2. The molecule has 0 aromatic heterocycles. The van der Waals surface area contributed by atoms with Gasteiger partial charge in [0.05, 0.1) is 12.6 Å². The maximum Gasteiger partial charge on any atom is 0.237 e. The number of nitrogens with zero attached hydrogens (tertiary/aromatic N) is 1. The number of hydrogen-bond donors (Lipinski definition) is 2. The monoisotopic (exact) mass is 265 g/mol. The van der Waals surface area contributed by atoms with Crippen LogP contribution >= 0.6 is 0 Å². The SMILES string of the molecule is C=CCN(CC=C)C(=O)CN[C@H]1CCCCNC1=O. The van der Waals surface area contributed by atoms with Gasteiger partial charge in [-0.05, 0) is 19.3 Å². The Morgan fingerprint density at radius 3 is 2.68 bits per heavy atom. The van der Waals surface area contributed by atoms with E-state index in [2.05, 4.69) is 23.8 Å². The molecular formula is C14H23N3O2. The normalized spacial score (nSPS) is 19.2. The molecule has 1 heterocycles. The van der Waals surface area contributed by atoms with Gasteiger partial charge in [0.25, 0.3) is 0 Å². The maximum atomic E-state index is 12.0. The predicted octanol–water partition coefficient (Wildman–Crippen LogP) is 0.445. The summed E-state index contributed by atoms with van der Waals surface area (Å²) in [6.07, 6.45) is 6.13. The number of rotatable bonds is 7. The van der Waals surface area contributed by atoms with Gasteiger partial charge >= 0.3 is 0 Å². The highest BCUT2D eigenvalue weighted by Crippen LogP contribution is 2.05. The molecule has 5 heteroatoms. The van der Waals surface area contributed by atoms with Crippen LogP contribution in [0.25, 0.3) is 0 Å². The fourth-order valence-corrected chi connectivity index (χ4v) is 2.05. The second-order valence-corrected chi connectivity index (χ2v) is 4.60. The smallest absolute Gasteiger partial charge is 0.237 e. The van der Waals surface area contributed by atoms with Gasteiger partial charge in [-0.3, -0.25) is 14.9 Å². The van der Waals surface area contributed by atoms with Crippen LogP contribution in [0, 0.1) is 0 Å². The lowest BCUT2D eigenvalue weighted by Crippen LogP contribution is -2.47. The van der Waals surface area contributed by atoms with Gasteiger partial charge in [0.15, 0.2) is 0 Å². The Morgan fingerprint density at radius 1 is 1.37 bits per heavy atom. The van der Waals surface area contributed by atoms with Crippen molar-refractivity contribution in [1.82, 2.24) is 15.5 Å². The highest BCUT2D eigenvalue weighted by molar-refractivity contribution is 5.83. The van der Waals surface area contributed by atoms with Crippen molar-refractivity contribution in [2.24, 2.45) is 0 Å². The summed E-state index contributed by atoms with van der Waals surface area (Å²) >= 11 is 0. The van der Waals surface area contributed by atoms with E-state index in [0.29, 0.717) is 13.1 Å². The summed E-state index contributed by atoms with van der Waals surface area (Å²) < 4.78 is 0. The molecular weight excluding hydrogens is 242 g/mol. The molecule has 1 aliphatic rings. The summed E-state index contributed by atoms with van der Waals surface area (Å²) in [5, 5.41) is 5.88. The number of carbonyl (C=O) groups excluding carboxylic acids is 2. The number of carbonyl (C=O) groups is 2.